The van der Waals surface area contributed by atoms with Crippen molar-refractivity contribution < 1.29 is 26.4 Å². The van der Waals surface area contributed by atoms with Gasteiger partial charge in [0, 0.05) is 31.5 Å². The first-order valence-corrected chi connectivity index (χ1v) is 10.6. The van der Waals surface area contributed by atoms with Crippen LogP contribution in [0.2, 0.25) is 0 Å². The molecule has 30 heavy (non-hydrogen) atoms. The molecule has 1 amide bonds. The molecule has 2 N–H and O–H groups in total. The van der Waals surface area contributed by atoms with Crippen molar-refractivity contribution in [1.82, 2.24) is 20.0 Å². The molecule has 1 aromatic heterocycles. The molecule has 0 aliphatic carbocycles. The molecule has 1 aromatic carbocycles. The number of hydrogen-bond acceptors (Lipinski definition) is 6. The monoisotopic (exact) mass is 443 g/mol. The van der Waals surface area contributed by atoms with E-state index in [1.165, 1.54) is 0 Å². The van der Waals surface area contributed by atoms with E-state index >= 15 is 0 Å². The van der Waals surface area contributed by atoms with Crippen LogP contribution in [-0.2, 0) is 21.0 Å². The van der Waals surface area contributed by atoms with E-state index in [-0.39, 0.29) is 6.04 Å². The maximum Gasteiger partial charge on any atom is 0.416 e. The number of benzene rings is 1. The van der Waals surface area contributed by atoms with Crippen molar-refractivity contribution in [2.45, 2.75) is 30.0 Å². The lowest BCUT2D eigenvalue weighted by Crippen LogP contribution is -2.47. The molecule has 0 atom stereocenters. The van der Waals surface area contributed by atoms with Gasteiger partial charge in [-0.1, -0.05) is 6.07 Å². The van der Waals surface area contributed by atoms with E-state index in [1.54, 1.807) is 18.5 Å². The van der Waals surface area contributed by atoms with E-state index in [0.717, 1.165) is 18.2 Å². The summed E-state index contributed by atoms with van der Waals surface area (Å²) in [6.45, 7) is 0.691. The Morgan fingerprint density at radius 1 is 1.13 bits per heavy atom. The fourth-order valence-corrected chi connectivity index (χ4v) is 4.07. The van der Waals surface area contributed by atoms with E-state index in [1.807, 2.05) is 9.62 Å². The van der Waals surface area contributed by atoms with Gasteiger partial charge < -0.3 is 10.2 Å². The number of aromatic nitrogens is 2. The second kappa shape index (κ2) is 8.96. The van der Waals surface area contributed by atoms with Crippen LogP contribution in [0, 0.1) is 0 Å². The quantitative estimate of drug-likeness (QED) is 0.702. The van der Waals surface area contributed by atoms with E-state index in [4.69, 9.17) is 0 Å². The van der Waals surface area contributed by atoms with Crippen LogP contribution in [0.1, 0.15) is 18.4 Å². The molecule has 2 heterocycles. The van der Waals surface area contributed by atoms with Crippen LogP contribution >= 0.6 is 0 Å². The van der Waals surface area contributed by atoms with Crippen LogP contribution in [0.15, 0.2) is 47.6 Å². The maximum atomic E-state index is 12.8. The van der Waals surface area contributed by atoms with Gasteiger partial charge in [0.2, 0.25) is 21.9 Å². The topological polar surface area (TPSA) is 104 Å². The van der Waals surface area contributed by atoms with Crippen LogP contribution in [-0.4, -0.2) is 50.0 Å². The van der Waals surface area contributed by atoms with Crippen LogP contribution in [0.25, 0.3) is 0 Å². The van der Waals surface area contributed by atoms with Crippen molar-refractivity contribution in [1.29, 1.82) is 0 Å². The van der Waals surface area contributed by atoms with Crippen LogP contribution in [0.4, 0.5) is 19.1 Å². The third kappa shape index (κ3) is 5.66. The van der Waals surface area contributed by atoms with Crippen molar-refractivity contribution in [3.05, 3.63) is 48.3 Å². The van der Waals surface area contributed by atoms with Crippen LogP contribution in [0.5, 0.6) is 0 Å². The Morgan fingerprint density at radius 2 is 1.80 bits per heavy atom. The fourth-order valence-electron chi connectivity index (χ4n) is 3.04. The summed E-state index contributed by atoms with van der Waals surface area (Å²) in [6.07, 6.45) is -0.114. The van der Waals surface area contributed by atoms with E-state index in [9.17, 15) is 26.4 Å². The van der Waals surface area contributed by atoms with Crippen molar-refractivity contribution in [2.75, 3.05) is 24.5 Å². The summed E-state index contributed by atoms with van der Waals surface area (Å²) in [7, 11) is -4.26. The summed E-state index contributed by atoms with van der Waals surface area (Å²) in [6, 6.07) is 4.92. The number of sulfonamides is 1. The first-order valence-electron chi connectivity index (χ1n) is 9.13. The van der Waals surface area contributed by atoms with Crippen molar-refractivity contribution in [3.8, 4) is 0 Å². The zero-order valence-corrected chi connectivity index (χ0v) is 16.6. The second-order valence-electron chi connectivity index (χ2n) is 6.73. The predicted octanol–water partition coefficient (Wildman–Crippen LogP) is 1.56. The minimum absolute atomic E-state index is 0.143. The van der Waals surface area contributed by atoms with Gasteiger partial charge in [-0.15, -0.1) is 0 Å². The van der Waals surface area contributed by atoms with E-state index in [0.29, 0.717) is 37.9 Å². The molecule has 1 aliphatic rings. The average Bonchev–Trinajstić information content (AvgIpc) is 2.73. The summed E-state index contributed by atoms with van der Waals surface area (Å²) < 4.78 is 64.8. The van der Waals surface area contributed by atoms with Crippen molar-refractivity contribution in [2.24, 2.45) is 0 Å². The zero-order chi connectivity index (χ0) is 21.8. The zero-order valence-electron chi connectivity index (χ0n) is 15.8. The Kier molecular flexibility index (Phi) is 6.56. The van der Waals surface area contributed by atoms with Gasteiger partial charge in [-0.25, -0.2) is 23.1 Å². The van der Waals surface area contributed by atoms with Gasteiger partial charge in [-0.3, -0.25) is 4.79 Å². The molecule has 1 fully saturated rings. The Balaban J connectivity index is 1.50. The standard InChI is InChI=1S/C18H20F3N5O3S/c19-18(20,21)13-3-1-4-15(11-13)30(28,29)24-12-16(27)25-14-5-9-26(10-6-14)17-22-7-2-8-23-17/h1-4,7-8,11,14,24H,5-6,9-10,12H2,(H,25,27). The number of halogens is 3. The van der Waals surface area contributed by atoms with Crippen LogP contribution < -0.4 is 14.9 Å². The second-order valence-corrected chi connectivity index (χ2v) is 8.49. The number of amides is 1. The molecule has 2 aromatic rings. The van der Waals surface area contributed by atoms with Gasteiger partial charge in [-0.05, 0) is 37.1 Å². The maximum absolute atomic E-state index is 12.8. The third-order valence-corrected chi connectivity index (χ3v) is 5.99. The summed E-state index contributed by atoms with van der Waals surface area (Å²) in [5, 5.41) is 2.74. The lowest BCUT2D eigenvalue weighted by molar-refractivity contribution is -0.137. The first kappa shape index (κ1) is 22.0. The molecular formula is C18H20F3N5O3S. The average molecular weight is 443 g/mol. The summed E-state index contributed by atoms with van der Waals surface area (Å²) in [5.74, 6) is 0.0519. The molecule has 8 nitrogen and oxygen atoms in total. The van der Waals surface area contributed by atoms with Crippen molar-refractivity contribution in [3.63, 3.8) is 0 Å². The molecule has 0 bridgehead atoms. The largest absolute Gasteiger partial charge is 0.416 e. The summed E-state index contributed by atoms with van der Waals surface area (Å²) in [5.41, 5.74) is -1.08. The number of piperidine rings is 1. The van der Waals surface area contributed by atoms with E-state index < -0.39 is 39.1 Å². The number of anilines is 1. The van der Waals surface area contributed by atoms with Gasteiger partial charge in [-0.2, -0.15) is 13.2 Å². The molecule has 162 valence electrons. The lowest BCUT2D eigenvalue weighted by atomic mass is 10.1. The Hall–Kier alpha value is -2.73. The number of alkyl halides is 3. The third-order valence-electron chi connectivity index (χ3n) is 4.59. The van der Waals surface area contributed by atoms with Gasteiger partial charge in [0.15, 0.2) is 0 Å². The molecule has 3 rings (SSSR count). The smallest absolute Gasteiger partial charge is 0.352 e. The molecule has 0 unspecified atom stereocenters. The fraction of sp³-hybridized carbons (Fsp3) is 0.389. The Labute approximate surface area is 171 Å². The molecule has 1 aliphatic heterocycles. The molecule has 0 saturated carbocycles. The number of carbonyl (C=O) groups is 1. The number of hydrogen-bond donors (Lipinski definition) is 2. The van der Waals surface area contributed by atoms with Crippen molar-refractivity contribution >= 4 is 21.9 Å². The van der Waals surface area contributed by atoms with Crippen LogP contribution in [0.3, 0.4) is 0 Å². The van der Waals surface area contributed by atoms with Gasteiger partial charge in [0.1, 0.15) is 0 Å². The SMILES string of the molecule is O=C(CNS(=O)(=O)c1cccc(C(F)(F)F)c1)NC1CCN(c2ncccn2)CC1. The normalized spacial score (nSPS) is 15.8. The minimum Gasteiger partial charge on any atom is -0.352 e. The first-order chi connectivity index (χ1) is 14.1. The number of carbonyl (C=O) groups excluding carboxylic acids is 1. The Morgan fingerprint density at radius 3 is 2.43 bits per heavy atom. The molecule has 0 radical (unpaired) electrons. The number of nitrogens with one attached hydrogen (secondary N) is 2. The highest BCUT2D eigenvalue weighted by Gasteiger charge is 2.31. The predicted molar refractivity (Wildman–Crippen MR) is 102 cm³/mol. The summed E-state index contributed by atoms with van der Waals surface area (Å²) >= 11 is 0. The molecule has 0 spiro atoms. The lowest BCUT2D eigenvalue weighted by Gasteiger charge is -2.32. The molecule has 1 saturated heterocycles. The van der Waals surface area contributed by atoms with E-state index in [2.05, 4.69) is 15.3 Å². The van der Waals surface area contributed by atoms with Gasteiger partial charge in [0.25, 0.3) is 0 Å². The summed E-state index contributed by atoms with van der Waals surface area (Å²) in [4.78, 5) is 21.9. The molecular weight excluding hydrogens is 423 g/mol. The number of rotatable bonds is 6. The number of nitrogens with zero attached hydrogens (tertiary/aromatic N) is 3. The Bertz CT molecular complexity index is 978. The highest BCUT2D eigenvalue weighted by molar-refractivity contribution is 7.89. The highest BCUT2D eigenvalue weighted by Crippen LogP contribution is 2.30. The highest BCUT2D eigenvalue weighted by atomic mass is 32.2. The minimum atomic E-state index is -4.66. The van der Waals surface area contributed by atoms with Gasteiger partial charge in [0.05, 0.1) is 17.0 Å². The molecule has 12 heteroatoms. The van der Waals surface area contributed by atoms with Gasteiger partial charge >= 0.3 is 6.18 Å².